The molecule has 2 nitrogen and oxygen atoms in total. The Hall–Kier alpha value is -0.790. The Morgan fingerprint density at radius 3 is 2.33 bits per heavy atom. The molecule has 0 aliphatic rings. The van der Waals surface area contributed by atoms with Crippen molar-refractivity contribution in [2.24, 2.45) is 0 Å². The number of benzene rings is 1. The second kappa shape index (κ2) is 3.99. The van der Waals surface area contributed by atoms with Gasteiger partial charge in [-0.2, -0.15) is 13.2 Å². The summed E-state index contributed by atoms with van der Waals surface area (Å²) >= 11 is 1.53. The molecule has 2 N–H and O–H groups in total. The normalized spacial score (nSPS) is 11.5. The van der Waals surface area contributed by atoms with Crippen LogP contribution in [0, 0.1) is 3.57 Å². The van der Waals surface area contributed by atoms with Crippen LogP contribution < -0.4 is 5.73 Å². The van der Waals surface area contributed by atoms with Gasteiger partial charge in [-0.05, 0) is 41.6 Å². The molecule has 0 fully saturated rings. The van der Waals surface area contributed by atoms with Crippen molar-refractivity contribution < 1.29 is 18.0 Å². The van der Waals surface area contributed by atoms with E-state index < -0.39 is 11.7 Å². The van der Waals surface area contributed by atoms with Gasteiger partial charge in [-0.3, -0.25) is 4.79 Å². The number of anilines is 1. The van der Waals surface area contributed by atoms with Crippen LogP contribution in [0.5, 0.6) is 0 Å². The Kier molecular flexibility index (Phi) is 3.27. The van der Waals surface area contributed by atoms with Gasteiger partial charge in [0.15, 0.2) is 5.78 Å². The zero-order chi connectivity index (χ0) is 11.8. The van der Waals surface area contributed by atoms with E-state index in [2.05, 4.69) is 0 Å². The summed E-state index contributed by atoms with van der Waals surface area (Å²) in [5, 5.41) is 0. The largest absolute Gasteiger partial charge is 0.417 e. The van der Waals surface area contributed by atoms with E-state index in [0.29, 0.717) is 0 Å². The molecule has 0 radical (unpaired) electrons. The lowest BCUT2D eigenvalue weighted by Gasteiger charge is -2.11. The van der Waals surface area contributed by atoms with E-state index in [9.17, 15) is 18.0 Å². The molecule has 0 aromatic heterocycles. The third-order valence-corrected chi connectivity index (χ3v) is 2.72. The van der Waals surface area contributed by atoms with Gasteiger partial charge in [-0.15, -0.1) is 0 Å². The number of nitrogen functional groups attached to an aromatic ring is 1. The van der Waals surface area contributed by atoms with Gasteiger partial charge in [-0.1, -0.05) is 0 Å². The molecule has 1 rings (SSSR count). The van der Waals surface area contributed by atoms with E-state index >= 15 is 0 Å². The van der Waals surface area contributed by atoms with Crippen molar-refractivity contribution >= 4 is 34.1 Å². The Labute approximate surface area is 97.8 Å². The van der Waals surface area contributed by atoms with Crippen molar-refractivity contribution in [1.82, 2.24) is 0 Å². The monoisotopic (exact) mass is 329 g/mol. The van der Waals surface area contributed by atoms with Crippen LogP contribution in [0.25, 0.3) is 0 Å². The lowest BCUT2D eigenvalue weighted by atomic mass is 10.1. The van der Waals surface area contributed by atoms with Gasteiger partial charge < -0.3 is 5.73 Å². The first-order valence-electron chi connectivity index (χ1n) is 3.90. The number of nitrogens with two attached hydrogens (primary N) is 1. The van der Waals surface area contributed by atoms with Crippen LogP contribution in [0.15, 0.2) is 12.1 Å². The number of hydrogen-bond donors (Lipinski definition) is 1. The molecule has 1 aromatic carbocycles. The molecule has 0 saturated carbocycles. The maximum absolute atomic E-state index is 12.4. The third-order valence-electron chi connectivity index (χ3n) is 1.82. The number of halogens is 4. The van der Waals surface area contributed by atoms with Crippen molar-refractivity contribution in [3.63, 3.8) is 0 Å². The highest BCUT2D eigenvalue weighted by Gasteiger charge is 2.33. The Morgan fingerprint density at radius 1 is 1.40 bits per heavy atom. The quantitative estimate of drug-likeness (QED) is 0.489. The third kappa shape index (κ3) is 2.61. The van der Waals surface area contributed by atoms with Crippen LogP contribution in [0.2, 0.25) is 0 Å². The fourth-order valence-corrected chi connectivity index (χ4v) is 1.89. The molecule has 82 valence electrons. The second-order valence-corrected chi connectivity index (χ2v) is 4.14. The smallest absolute Gasteiger partial charge is 0.398 e. The zero-order valence-electron chi connectivity index (χ0n) is 7.65. The molecule has 0 saturated heterocycles. The molecule has 15 heavy (non-hydrogen) atoms. The van der Waals surface area contributed by atoms with Gasteiger partial charge in [0.2, 0.25) is 0 Å². The van der Waals surface area contributed by atoms with Gasteiger partial charge in [-0.25, -0.2) is 0 Å². The fourth-order valence-electron chi connectivity index (χ4n) is 1.11. The Balaban J connectivity index is 3.39. The Morgan fingerprint density at radius 2 is 1.93 bits per heavy atom. The molecule has 0 heterocycles. The number of alkyl halides is 3. The van der Waals surface area contributed by atoms with E-state index in [0.717, 1.165) is 12.1 Å². The first kappa shape index (κ1) is 12.3. The molecule has 0 unspecified atom stereocenters. The van der Waals surface area contributed by atoms with E-state index in [1.54, 1.807) is 0 Å². The van der Waals surface area contributed by atoms with Crippen LogP contribution in [0.3, 0.4) is 0 Å². The van der Waals surface area contributed by atoms with Gasteiger partial charge in [0.25, 0.3) is 0 Å². The number of ketones is 1. The van der Waals surface area contributed by atoms with Gasteiger partial charge in [0.1, 0.15) is 0 Å². The first-order chi connectivity index (χ1) is 6.73. The topological polar surface area (TPSA) is 43.1 Å². The minimum Gasteiger partial charge on any atom is -0.398 e. The van der Waals surface area contributed by atoms with Gasteiger partial charge >= 0.3 is 6.18 Å². The van der Waals surface area contributed by atoms with E-state index in [1.807, 2.05) is 0 Å². The lowest BCUT2D eigenvalue weighted by molar-refractivity contribution is -0.138. The summed E-state index contributed by atoms with van der Waals surface area (Å²) in [6, 6.07) is 1.94. The van der Waals surface area contributed by atoms with Crippen LogP contribution in [0.4, 0.5) is 18.9 Å². The maximum Gasteiger partial charge on any atom is 0.417 e. The zero-order valence-corrected chi connectivity index (χ0v) is 9.81. The van der Waals surface area contributed by atoms with Crippen molar-refractivity contribution in [2.45, 2.75) is 13.1 Å². The summed E-state index contributed by atoms with van der Waals surface area (Å²) in [6.07, 6.45) is -4.44. The number of carbonyl (C=O) groups is 1. The molecule has 0 aliphatic heterocycles. The average Bonchev–Trinajstić information content (AvgIpc) is 2.06. The summed E-state index contributed by atoms with van der Waals surface area (Å²) in [7, 11) is 0. The van der Waals surface area contributed by atoms with Crippen molar-refractivity contribution in [2.75, 3.05) is 5.73 Å². The average molecular weight is 329 g/mol. The van der Waals surface area contributed by atoms with E-state index in [4.69, 9.17) is 5.73 Å². The molecule has 0 bridgehead atoms. The van der Waals surface area contributed by atoms with Crippen LogP contribution in [-0.4, -0.2) is 5.78 Å². The van der Waals surface area contributed by atoms with Gasteiger partial charge in [0, 0.05) is 14.8 Å². The van der Waals surface area contributed by atoms with E-state index in [1.165, 1.54) is 29.5 Å². The summed E-state index contributed by atoms with van der Waals surface area (Å²) < 4.78 is 37.2. The summed E-state index contributed by atoms with van der Waals surface area (Å²) in [5.74, 6) is -0.348. The maximum atomic E-state index is 12.4. The van der Waals surface area contributed by atoms with Crippen molar-refractivity contribution in [3.8, 4) is 0 Å². The SMILES string of the molecule is CC(=O)c1cc(I)c(C(F)(F)F)cc1N. The minimum absolute atomic E-state index is 0.0282. The molecule has 0 spiro atoms. The number of carbonyl (C=O) groups excluding carboxylic acids is 1. The molecule has 0 atom stereocenters. The highest BCUT2D eigenvalue weighted by atomic mass is 127. The second-order valence-electron chi connectivity index (χ2n) is 2.97. The molecular formula is C9H7F3INO. The molecular weight excluding hydrogens is 322 g/mol. The van der Waals surface area contributed by atoms with Crippen LogP contribution in [0.1, 0.15) is 22.8 Å². The minimum atomic E-state index is -4.44. The highest BCUT2D eigenvalue weighted by molar-refractivity contribution is 14.1. The van der Waals surface area contributed by atoms with Crippen LogP contribution >= 0.6 is 22.6 Å². The van der Waals surface area contributed by atoms with E-state index in [-0.39, 0.29) is 20.6 Å². The fraction of sp³-hybridized carbons (Fsp3) is 0.222. The summed E-state index contributed by atoms with van der Waals surface area (Å²) in [4.78, 5) is 11.0. The van der Waals surface area contributed by atoms with Gasteiger partial charge in [0.05, 0.1) is 5.56 Å². The number of rotatable bonds is 1. The highest BCUT2D eigenvalue weighted by Crippen LogP contribution is 2.35. The Bertz CT molecular complexity index is 415. The number of hydrogen-bond acceptors (Lipinski definition) is 2. The molecule has 0 amide bonds. The van der Waals surface area contributed by atoms with Crippen molar-refractivity contribution in [1.29, 1.82) is 0 Å². The molecule has 0 aliphatic carbocycles. The number of Topliss-reactive ketones (excluding diaryl/α,β-unsaturated/α-hetero) is 1. The van der Waals surface area contributed by atoms with Crippen molar-refractivity contribution in [3.05, 3.63) is 26.8 Å². The lowest BCUT2D eigenvalue weighted by Crippen LogP contribution is -2.11. The molecule has 1 aromatic rings. The summed E-state index contributed by atoms with van der Waals surface area (Å²) in [6.45, 7) is 1.26. The standard InChI is InChI=1S/C9H7F3INO/c1-4(15)5-2-7(13)6(3-8(5)14)9(10,11)12/h2-3H,14H2,1H3. The van der Waals surface area contributed by atoms with Crippen LogP contribution in [-0.2, 0) is 6.18 Å². The molecule has 6 heteroatoms. The predicted octanol–water partition coefficient (Wildman–Crippen LogP) is 3.09. The summed E-state index contributed by atoms with van der Waals surface area (Å²) in [5.41, 5.74) is 4.52. The first-order valence-corrected chi connectivity index (χ1v) is 4.98. The predicted molar refractivity (Wildman–Crippen MR) is 58.6 cm³/mol.